The zero-order valence-corrected chi connectivity index (χ0v) is 13.9. The summed E-state index contributed by atoms with van der Waals surface area (Å²) >= 11 is 3.55. The summed E-state index contributed by atoms with van der Waals surface area (Å²) in [5, 5.41) is 0. The highest BCUT2D eigenvalue weighted by molar-refractivity contribution is 9.10. The predicted octanol–water partition coefficient (Wildman–Crippen LogP) is 4.98. The molecule has 0 amide bonds. The summed E-state index contributed by atoms with van der Waals surface area (Å²) in [6, 6.07) is 6.41. The highest BCUT2D eigenvalue weighted by Crippen LogP contribution is 2.30. The molecule has 112 valence electrons. The zero-order chi connectivity index (χ0) is 15.0. The van der Waals surface area contributed by atoms with E-state index in [1.54, 1.807) is 0 Å². The van der Waals surface area contributed by atoms with Crippen molar-refractivity contribution in [1.82, 2.24) is 4.90 Å². The molecule has 2 rings (SSSR count). The van der Waals surface area contributed by atoms with Gasteiger partial charge in [-0.15, -0.1) is 0 Å². The fraction of sp³-hybridized carbons (Fsp3) is 0.625. The van der Waals surface area contributed by atoms with Crippen LogP contribution >= 0.6 is 15.9 Å². The van der Waals surface area contributed by atoms with Gasteiger partial charge in [-0.3, -0.25) is 4.90 Å². The Hall–Kier alpha value is -0.480. The van der Waals surface area contributed by atoms with Crippen LogP contribution in [0.1, 0.15) is 44.7 Å². The molecular formula is C16H22BrF2N. The largest absolute Gasteiger partial charge is 0.299 e. The van der Waals surface area contributed by atoms with Crippen molar-refractivity contribution in [3.05, 3.63) is 33.8 Å². The summed E-state index contributed by atoms with van der Waals surface area (Å²) in [7, 11) is 0. The summed E-state index contributed by atoms with van der Waals surface area (Å²) in [4.78, 5) is 2.12. The van der Waals surface area contributed by atoms with E-state index in [0.29, 0.717) is 13.1 Å². The summed E-state index contributed by atoms with van der Waals surface area (Å²) in [5.74, 6) is -2.47. The van der Waals surface area contributed by atoms with E-state index in [0.717, 1.165) is 11.0 Å². The van der Waals surface area contributed by atoms with Crippen LogP contribution in [0.2, 0.25) is 0 Å². The lowest BCUT2D eigenvalue weighted by Gasteiger charge is -2.32. The van der Waals surface area contributed by atoms with Gasteiger partial charge < -0.3 is 0 Å². The van der Waals surface area contributed by atoms with Gasteiger partial charge in [0, 0.05) is 36.9 Å². The van der Waals surface area contributed by atoms with E-state index in [2.05, 4.69) is 59.8 Å². The molecule has 20 heavy (non-hydrogen) atoms. The van der Waals surface area contributed by atoms with Gasteiger partial charge in [-0.2, -0.15) is 0 Å². The van der Waals surface area contributed by atoms with E-state index in [-0.39, 0.29) is 18.3 Å². The van der Waals surface area contributed by atoms with Crippen molar-refractivity contribution < 1.29 is 8.78 Å². The van der Waals surface area contributed by atoms with Crippen molar-refractivity contribution in [2.24, 2.45) is 0 Å². The lowest BCUT2D eigenvalue weighted by atomic mass is 9.86. The first-order valence-electron chi connectivity index (χ1n) is 7.06. The molecule has 1 nitrogen and oxygen atoms in total. The monoisotopic (exact) mass is 345 g/mol. The third kappa shape index (κ3) is 4.26. The number of benzene rings is 1. The van der Waals surface area contributed by atoms with Crippen molar-refractivity contribution >= 4 is 15.9 Å². The Bertz CT molecular complexity index is 470. The van der Waals surface area contributed by atoms with Crippen LogP contribution in [0.3, 0.4) is 0 Å². The molecule has 0 atom stereocenters. The van der Waals surface area contributed by atoms with Crippen LogP contribution in [0, 0.1) is 0 Å². The lowest BCUT2D eigenvalue weighted by molar-refractivity contribution is -0.0566. The minimum absolute atomic E-state index is 0.0207. The van der Waals surface area contributed by atoms with Gasteiger partial charge in [0.2, 0.25) is 0 Å². The number of hydrogen-bond acceptors (Lipinski definition) is 1. The van der Waals surface area contributed by atoms with E-state index in [9.17, 15) is 8.78 Å². The lowest BCUT2D eigenvalue weighted by Crippen LogP contribution is -2.38. The minimum Gasteiger partial charge on any atom is -0.299 e. The van der Waals surface area contributed by atoms with Gasteiger partial charge in [-0.1, -0.05) is 42.8 Å². The topological polar surface area (TPSA) is 3.24 Å². The number of nitrogens with zero attached hydrogens (tertiary/aromatic N) is 1. The number of halogens is 3. The highest BCUT2D eigenvalue weighted by atomic mass is 79.9. The zero-order valence-electron chi connectivity index (χ0n) is 12.3. The first-order chi connectivity index (χ1) is 9.16. The second kappa shape index (κ2) is 5.72. The van der Waals surface area contributed by atoms with Crippen molar-refractivity contribution in [3.8, 4) is 0 Å². The maximum absolute atomic E-state index is 13.2. The van der Waals surface area contributed by atoms with E-state index < -0.39 is 5.92 Å². The van der Waals surface area contributed by atoms with Crippen LogP contribution in [0.25, 0.3) is 0 Å². The van der Waals surface area contributed by atoms with Crippen molar-refractivity contribution in [1.29, 1.82) is 0 Å². The van der Waals surface area contributed by atoms with Crippen molar-refractivity contribution in [2.45, 2.75) is 51.5 Å². The normalized spacial score (nSPS) is 20.1. The first-order valence-corrected chi connectivity index (χ1v) is 7.85. The molecule has 0 unspecified atom stereocenters. The molecule has 0 bridgehead atoms. The number of hydrogen-bond donors (Lipinski definition) is 0. The molecule has 0 aliphatic carbocycles. The van der Waals surface area contributed by atoms with Gasteiger partial charge in [0.05, 0.1) is 0 Å². The van der Waals surface area contributed by atoms with Gasteiger partial charge in [0.15, 0.2) is 0 Å². The van der Waals surface area contributed by atoms with E-state index in [4.69, 9.17) is 0 Å². The molecule has 1 heterocycles. The SMILES string of the molecule is CC(C)(C)c1cc(Br)cc(CN2CCC(F)(F)CC2)c1. The van der Waals surface area contributed by atoms with E-state index >= 15 is 0 Å². The van der Waals surface area contributed by atoms with Crippen LogP contribution < -0.4 is 0 Å². The first kappa shape index (κ1) is 15.9. The Morgan fingerprint density at radius 3 is 2.30 bits per heavy atom. The van der Waals surface area contributed by atoms with Crippen molar-refractivity contribution in [2.75, 3.05) is 13.1 Å². The third-order valence-corrected chi connectivity index (χ3v) is 4.28. The number of rotatable bonds is 2. The third-order valence-electron chi connectivity index (χ3n) is 3.82. The molecule has 1 aliphatic rings. The smallest absolute Gasteiger partial charge is 0.250 e. The van der Waals surface area contributed by atoms with Crippen LogP contribution in [0.5, 0.6) is 0 Å². The van der Waals surface area contributed by atoms with E-state index in [1.807, 2.05) is 0 Å². The maximum Gasteiger partial charge on any atom is 0.250 e. The highest BCUT2D eigenvalue weighted by Gasteiger charge is 2.33. The average molecular weight is 346 g/mol. The summed E-state index contributed by atoms with van der Waals surface area (Å²) in [6.07, 6.45) is -0.0414. The van der Waals surface area contributed by atoms with Gasteiger partial charge in [-0.05, 0) is 28.7 Å². The van der Waals surface area contributed by atoms with Crippen LogP contribution in [0.4, 0.5) is 8.78 Å². The van der Waals surface area contributed by atoms with Gasteiger partial charge in [0.1, 0.15) is 0 Å². The molecular weight excluding hydrogens is 324 g/mol. The van der Waals surface area contributed by atoms with Crippen molar-refractivity contribution in [3.63, 3.8) is 0 Å². The molecule has 1 saturated heterocycles. The van der Waals surface area contributed by atoms with Crippen LogP contribution in [0.15, 0.2) is 22.7 Å². The molecule has 1 fully saturated rings. The Morgan fingerprint density at radius 2 is 1.75 bits per heavy atom. The second-order valence-electron chi connectivity index (χ2n) is 6.73. The molecule has 1 aromatic rings. The van der Waals surface area contributed by atoms with Gasteiger partial charge >= 0.3 is 0 Å². The van der Waals surface area contributed by atoms with Gasteiger partial charge in [0.25, 0.3) is 5.92 Å². The molecule has 0 radical (unpaired) electrons. The average Bonchev–Trinajstić information content (AvgIpc) is 2.30. The Morgan fingerprint density at radius 1 is 1.15 bits per heavy atom. The predicted molar refractivity (Wildman–Crippen MR) is 82.3 cm³/mol. The number of alkyl halides is 2. The van der Waals surface area contributed by atoms with E-state index in [1.165, 1.54) is 11.1 Å². The molecule has 0 spiro atoms. The Balaban J connectivity index is 2.09. The Kier molecular flexibility index (Phi) is 4.55. The second-order valence-corrected chi connectivity index (χ2v) is 7.65. The summed E-state index contributed by atoms with van der Waals surface area (Å²) in [6.45, 7) is 8.24. The standard InChI is InChI=1S/C16H22BrF2N/c1-15(2,3)13-8-12(9-14(17)10-13)11-20-6-4-16(18,19)5-7-20/h8-10H,4-7,11H2,1-3H3. The van der Waals surface area contributed by atoms with Gasteiger partial charge in [-0.25, -0.2) is 8.78 Å². The Labute approximate surface area is 128 Å². The number of piperidine rings is 1. The quantitative estimate of drug-likeness (QED) is 0.730. The fourth-order valence-corrected chi connectivity index (χ4v) is 3.01. The molecule has 4 heteroatoms. The summed E-state index contributed by atoms with van der Waals surface area (Å²) in [5.41, 5.74) is 2.55. The molecule has 0 aromatic heterocycles. The molecule has 0 N–H and O–H groups in total. The fourth-order valence-electron chi connectivity index (χ4n) is 2.47. The molecule has 1 aliphatic heterocycles. The molecule has 1 aromatic carbocycles. The summed E-state index contributed by atoms with van der Waals surface area (Å²) < 4.78 is 27.4. The van der Waals surface area contributed by atoms with Crippen LogP contribution in [-0.4, -0.2) is 23.9 Å². The maximum atomic E-state index is 13.2. The number of likely N-dealkylation sites (tertiary alicyclic amines) is 1. The van der Waals surface area contributed by atoms with Crippen LogP contribution in [-0.2, 0) is 12.0 Å². The molecule has 0 saturated carbocycles. The minimum atomic E-state index is -2.47.